The summed E-state index contributed by atoms with van der Waals surface area (Å²) in [6.45, 7) is 7.63. The van der Waals surface area contributed by atoms with E-state index in [1.165, 1.54) is 6.07 Å². The zero-order chi connectivity index (χ0) is 28.1. The minimum Gasteiger partial charge on any atom is -0.380 e. The Morgan fingerprint density at radius 2 is 1.77 bits per heavy atom. The first kappa shape index (κ1) is 29.3. The van der Waals surface area contributed by atoms with Gasteiger partial charge in [0.2, 0.25) is 11.8 Å². The molecule has 9 heteroatoms. The van der Waals surface area contributed by atoms with E-state index in [-0.39, 0.29) is 41.4 Å². The predicted molar refractivity (Wildman–Crippen MR) is 153 cm³/mol. The number of nitrogens with zero attached hydrogens (tertiary/aromatic N) is 3. The van der Waals surface area contributed by atoms with E-state index in [0.29, 0.717) is 63.1 Å². The summed E-state index contributed by atoms with van der Waals surface area (Å²) in [6.07, 6.45) is 0.379. The zero-order valence-electron chi connectivity index (χ0n) is 23.3. The fourth-order valence-electron chi connectivity index (χ4n) is 5.51. The van der Waals surface area contributed by atoms with Gasteiger partial charge in [-0.05, 0) is 43.8 Å². The highest BCUT2D eigenvalue weighted by Crippen LogP contribution is 2.36. The number of hydrogen-bond donors (Lipinski definition) is 1. The van der Waals surface area contributed by atoms with E-state index in [0.717, 1.165) is 11.1 Å². The molecule has 2 aromatic carbocycles. The average Bonchev–Trinajstić information content (AvgIpc) is 3.40. The van der Waals surface area contributed by atoms with E-state index < -0.39 is 0 Å². The molecule has 0 radical (unpaired) electrons. The molecule has 39 heavy (non-hydrogen) atoms. The summed E-state index contributed by atoms with van der Waals surface area (Å²) in [5.41, 5.74) is 2.34. The number of para-hydroxylation sites is 1. The number of anilines is 1. The number of hydrogen-bond acceptors (Lipinski definition) is 5. The van der Waals surface area contributed by atoms with Crippen molar-refractivity contribution in [3.05, 3.63) is 64.4 Å². The molecule has 0 aromatic heterocycles. The molecule has 2 saturated heterocycles. The lowest BCUT2D eigenvalue weighted by Crippen LogP contribution is -2.51. The Kier molecular flexibility index (Phi) is 9.86. The largest absolute Gasteiger partial charge is 0.380 e. The maximum absolute atomic E-state index is 15.4. The molecule has 212 valence electrons. The molecule has 2 aliphatic heterocycles. The van der Waals surface area contributed by atoms with Gasteiger partial charge >= 0.3 is 0 Å². The van der Waals surface area contributed by atoms with Crippen LogP contribution in [-0.2, 0) is 14.3 Å². The number of ether oxygens (including phenoxy) is 1. The normalized spacial score (nSPS) is 20.5. The molecule has 0 bridgehead atoms. The van der Waals surface area contributed by atoms with Gasteiger partial charge in [-0.3, -0.25) is 9.59 Å². The van der Waals surface area contributed by atoms with Crippen molar-refractivity contribution >= 4 is 29.1 Å². The first-order valence-electron chi connectivity index (χ1n) is 13.7. The van der Waals surface area contributed by atoms with Crippen molar-refractivity contribution in [2.24, 2.45) is 11.8 Å². The van der Waals surface area contributed by atoms with Crippen molar-refractivity contribution in [1.82, 2.24) is 15.1 Å². The highest BCUT2D eigenvalue weighted by molar-refractivity contribution is 6.30. The molecule has 7 nitrogen and oxygen atoms in total. The number of benzene rings is 2. The molecule has 2 amide bonds. The van der Waals surface area contributed by atoms with Crippen LogP contribution in [0.5, 0.6) is 0 Å². The molecular weight excluding hydrogens is 519 g/mol. The number of amides is 2. The summed E-state index contributed by atoms with van der Waals surface area (Å²) < 4.78 is 21.1. The second-order valence-electron chi connectivity index (χ2n) is 11.1. The van der Waals surface area contributed by atoms with Crippen LogP contribution in [-0.4, -0.2) is 81.6 Å². The monoisotopic (exact) mass is 558 g/mol. The molecule has 2 heterocycles. The molecule has 4 rings (SSSR count). The minimum absolute atomic E-state index is 0.00567. The van der Waals surface area contributed by atoms with Gasteiger partial charge in [0.05, 0.1) is 30.9 Å². The van der Waals surface area contributed by atoms with E-state index in [4.69, 9.17) is 16.3 Å². The van der Waals surface area contributed by atoms with Gasteiger partial charge in [-0.1, -0.05) is 49.7 Å². The lowest BCUT2D eigenvalue weighted by Gasteiger charge is -2.39. The number of halogens is 2. The van der Waals surface area contributed by atoms with Gasteiger partial charge < -0.3 is 24.8 Å². The zero-order valence-corrected chi connectivity index (χ0v) is 24.1. The molecule has 2 aromatic rings. The Morgan fingerprint density at radius 3 is 2.41 bits per heavy atom. The van der Waals surface area contributed by atoms with E-state index in [1.807, 2.05) is 73.0 Å². The fraction of sp³-hybridized carbons (Fsp3) is 0.533. The topological polar surface area (TPSA) is 65.1 Å². The number of carbonyl (C=O) groups is 2. The van der Waals surface area contributed by atoms with Crippen LogP contribution in [0.4, 0.5) is 10.1 Å². The Balaban J connectivity index is 1.45. The van der Waals surface area contributed by atoms with Crippen LogP contribution in [0.25, 0.3) is 0 Å². The summed E-state index contributed by atoms with van der Waals surface area (Å²) in [6, 6.07) is 12.4. The van der Waals surface area contributed by atoms with Gasteiger partial charge in [-0.25, -0.2) is 4.39 Å². The van der Waals surface area contributed by atoms with Crippen molar-refractivity contribution in [3.63, 3.8) is 0 Å². The van der Waals surface area contributed by atoms with Crippen molar-refractivity contribution in [1.29, 1.82) is 0 Å². The predicted octanol–water partition coefficient (Wildman–Crippen LogP) is 4.32. The van der Waals surface area contributed by atoms with Crippen LogP contribution < -0.4 is 10.2 Å². The molecular formula is C30H40ClFN4O3. The SMILES string of the molecule is CC(C)[C@H](NC(=O)CCN(C)C)c1cccc(F)c1N1CCN(C(=O)[C@@H]2COC[C@@H]2c2ccc(Cl)cc2)CC1. The number of rotatable bonds is 9. The third kappa shape index (κ3) is 7.10. The smallest absolute Gasteiger partial charge is 0.228 e. The molecule has 0 saturated carbocycles. The first-order chi connectivity index (χ1) is 18.7. The Labute approximate surface area is 236 Å². The third-order valence-electron chi connectivity index (χ3n) is 7.73. The Morgan fingerprint density at radius 1 is 1.08 bits per heavy atom. The summed E-state index contributed by atoms with van der Waals surface area (Å²) in [4.78, 5) is 32.1. The molecule has 2 fully saturated rings. The lowest BCUT2D eigenvalue weighted by molar-refractivity contribution is -0.136. The maximum atomic E-state index is 15.4. The van der Waals surface area contributed by atoms with Crippen LogP contribution in [0.3, 0.4) is 0 Å². The standard InChI is InChI=1S/C30H40ClFN4O3/c1-20(2)28(33-27(37)12-13-34(3)4)23-6-5-7-26(32)29(23)35-14-16-36(17-15-35)30(38)25-19-39-18-24(25)21-8-10-22(31)11-9-21/h5-11,20,24-25,28H,12-19H2,1-4H3,(H,33,37)/t24-,25-,28+/m1/s1. The highest BCUT2D eigenvalue weighted by Gasteiger charge is 2.38. The van der Waals surface area contributed by atoms with Crippen molar-refractivity contribution < 1.29 is 18.7 Å². The quantitative estimate of drug-likeness (QED) is 0.496. The lowest BCUT2D eigenvalue weighted by atomic mass is 9.88. The van der Waals surface area contributed by atoms with Gasteiger partial charge in [0, 0.05) is 55.6 Å². The number of carbonyl (C=O) groups excluding carboxylic acids is 2. The summed E-state index contributed by atoms with van der Waals surface area (Å²) in [5, 5.41) is 3.80. The molecule has 3 atom stereocenters. The Bertz CT molecular complexity index is 1140. The van der Waals surface area contributed by atoms with Gasteiger partial charge in [-0.2, -0.15) is 0 Å². The van der Waals surface area contributed by atoms with Gasteiger partial charge in [0.25, 0.3) is 0 Å². The molecule has 2 aliphatic rings. The van der Waals surface area contributed by atoms with Crippen molar-refractivity contribution in [2.45, 2.75) is 32.2 Å². The van der Waals surface area contributed by atoms with E-state index in [2.05, 4.69) is 5.32 Å². The van der Waals surface area contributed by atoms with Gasteiger partial charge in [-0.15, -0.1) is 0 Å². The summed E-state index contributed by atoms with van der Waals surface area (Å²) >= 11 is 6.05. The molecule has 0 spiro atoms. The van der Waals surface area contributed by atoms with Crippen LogP contribution in [0.2, 0.25) is 5.02 Å². The summed E-state index contributed by atoms with van der Waals surface area (Å²) in [7, 11) is 3.86. The van der Waals surface area contributed by atoms with Crippen LogP contribution in [0.15, 0.2) is 42.5 Å². The summed E-state index contributed by atoms with van der Waals surface area (Å²) in [5.74, 6) is -0.467. The van der Waals surface area contributed by atoms with Crippen LogP contribution >= 0.6 is 11.6 Å². The van der Waals surface area contributed by atoms with E-state index in [1.54, 1.807) is 6.07 Å². The van der Waals surface area contributed by atoms with Crippen molar-refractivity contribution in [2.75, 3.05) is 64.9 Å². The average molecular weight is 559 g/mol. The second kappa shape index (κ2) is 13.1. The molecule has 1 N–H and O–H groups in total. The van der Waals surface area contributed by atoms with E-state index in [9.17, 15) is 9.59 Å². The van der Waals surface area contributed by atoms with Crippen LogP contribution in [0.1, 0.15) is 43.4 Å². The van der Waals surface area contributed by atoms with E-state index >= 15 is 4.39 Å². The molecule has 0 aliphatic carbocycles. The number of piperazine rings is 1. The Hall–Kier alpha value is -2.68. The second-order valence-corrected chi connectivity index (χ2v) is 11.6. The first-order valence-corrected chi connectivity index (χ1v) is 14.1. The number of nitrogens with one attached hydrogen (secondary N) is 1. The van der Waals surface area contributed by atoms with Gasteiger partial charge in [0.1, 0.15) is 5.82 Å². The minimum atomic E-state index is -0.319. The van der Waals surface area contributed by atoms with Gasteiger partial charge in [0.15, 0.2) is 0 Å². The van der Waals surface area contributed by atoms with Crippen molar-refractivity contribution in [3.8, 4) is 0 Å². The maximum Gasteiger partial charge on any atom is 0.228 e. The molecule has 0 unspecified atom stereocenters. The highest BCUT2D eigenvalue weighted by atomic mass is 35.5. The van der Waals surface area contributed by atoms with Crippen LogP contribution in [0, 0.1) is 17.7 Å². The third-order valence-corrected chi connectivity index (χ3v) is 7.98. The fourth-order valence-corrected chi connectivity index (χ4v) is 5.64.